The highest BCUT2D eigenvalue weighted by Crippen LogP contribution is 2.45. The molecule has 0 saturated carbocycles. The quantitative estimate of drug-likeness (QED) is 0.0169. The SMILES string of the molecule is CCCCCC/C=C\C=C/CCCCCCCC(=O)O[C@H](COC(=O)CCCCCCCCCCCCC(C)CC)COP(=O)(O)OC[C@@H](O)COP(=O)(O)OC[C@@H](COC(=O)CCCCCCCCC(C)C)OC(=O)CCCCCCCCCCCC(C)C. The van der Waals surface area contributed by atoms with Gasteiger partial charge in [-0.3, -0.25) is 37.3 Å². The van der Waals surface area contributed by atoms with Crippen LogP contribution in [0.1, 0.15) is 331 Å². The van der Waals surface area contributed by atoms with Gasteiger partial charge in [-0.05, 0) is 69.1 Å². The van der Waals surface area contributed by atoms with Crippen molar-refractivity contribution in [2.24, 2.45) is 17.8 Å². The molecule has 0 radical (unpaired) electrons. The number of hydrogen-bond donors (Lipinski definition) is 3. The second kappa shape index (κ2) is 61.4. The van der Waals surface area contributed by atoms with Gasteiger partial charge < -0.3 is 33.8 Å². The Labute approximate surface area is 548 Å². The Kier molecular flexibility index (Phi) is 59.7. The van der Waals surface area contributed by atoms with Gasteiger partial charge in [-0.15, -0.1) is 0 Å². The minimum Gasteiger partial charge on any atom is -0.462 e. The van der Waals surface area contributed by atoms with Crippen molar-refractivity contribution < 1.29 is 80.2 Å². The van der Waals surface area contributed by atoms with E-state index in [1.54, 1.807) is 0 Å². The van der Waals surface area contributed by atoms with E-state index < -0.39 is 97.5 Å². The highest BCUT2D eigenvalue weighted by Gasteiger charge is 2.30. The molecule has 530 valence electrons. The first-order chi connectivity index (χ1) is 43.3. The lowest BCUT2D eigenvalue weighted by Gasteiger charge is -2.21. The molecular weight excluding hydrogens is 1190 g/mol. The smallest absolute Gasteiger partial charge is 0.462 e. The summed E-state index contributed by atoms with van der Waals surface area (Å²) in [6, 6.07) is 0. The Morgan fingerprint density at radius 2 is 0.656 bits per heavy atom. The van der Waals surface area contributed by atoms with Gasteiger partial charge in [0.1, 0.15) is 19.3 Å². The van der Waals surface area contributed by atoms with Gasteiger partial charge >= 0.3 is 39.5 Å². The van der Waals surface area contributed by atoms with Gasteiger partial charge in [0.15, 0.2) is 12.2 Å². The summed E-state index contributed by atoms with van der Waals surface area (Å²) in [5.41, 5.74) is 0. The fourth-order valence-electron chi connectivity index (χ4n) is 10.1. The van der Waals surface area contributed by atoms with Crippen LogP contribution in [0, 0.1) is 17.8 Å². The fraction of sp³-hybridized carbons (Fsp3) is 0.887. The van der Waals surface area contributed by atoms with Crippen LogP contribution in [0.2, 0.25) is 0 Å². The number of aliphatic hydroxyl groups excluding tert-OH is 1. The summed E-state index contributed by atoms with van der Waals surface area (Å²) >= 11 is 0. The minimum atomic E-state index is -4.96. The number of carbonyl (C=O) groups is 4. The molecule has 0 aromatic carbocycles. The molecule has 0 saturated heterocycles. The number of hydrogen-bond acceptors (Lipinski definition) is 15. The number of rotatable bonds is 67. The van der Waals surface area contributed by atoms with E-state index in [0.29, 0.717) is 31.6 Å². The van der Waals surface area contributed by atoms with E-state index in [1.807, 2.05) is 0 Å². The predicted octanol–water partition coefficient (Wildman–Crippen LogP) is 19.8. The number of aliphatic hydroxyl groups is 1. The van der Waals surface area contributed by atoms with Gasteiger partial charge in [0, 0.05) is 25.7 Å². The fourth-order valence-corrected chi connectivity index (χ4v) is 11.7. The van der Waals surface area contributed by atoms with E-state index in [4.69, 9.17) is 37.0 Å². The van der Waals surface area contributed by atoms with Gasteiger partial charge in [0.2, 0.25) is 0 Å². The maximum absolute atomic E-state index is 13.0. The maximum atomic E-state index is 13.0. The maximum Gasteiger partial charge on any atom is 0.472 e. The van der Waals surface area contributed by atoms with Gasteiger partial charge in [-0.2, -0.15) is 0 Å². The standard InChI is InChI=1S/C71H134O17P2/c1-8-10-11-12-13-14-15-16-17-18-19-26-31-40-47-54-70(75)87-66(58-81-68(73)52-45-38-30-25-21-20-24-29-37-44-51-64(7)9-2)60-85-89(77,78)83-56-65(72)57-84-90(79,80)86-61-67(59-82-69(74)53-46-39-34-33-36-43-50-63(5)6)88-71(76)55-48-41-32-27-22-23-28-35-42-49-62(3)4/h14-17,62-67,72H,8-13,18-61H2,1-7H3,(H,77,78)(H,79,80)/b15-14-,17-16-/t64?,65-,66-,67-/m1/s1. The van der Waals surface area contributed by atoms with E-state index in [-0.39, 0.29) is 25.7 Å². The topological polar surface area (TPSA) is 237 Å². The van der Waals surface area contributed by atoms with Crippen molar-refractivity contribution in [3.8, 4) is 0 Å². The molecule has 0 heterocycles. The lowest BCUT2D eigenvalue weighted by atomic mass is 9.99. The molecule has 0 rings (SSSR count). The van der Waals surface area contributed by atoms with Crippen LogP contribution in [0.5, 0.6) is 0 Å². The first kappa shape index (κ1) is 87.5. The van der Waals surface area contributed by atoms with Crippen LogP contribution < -0.4 is 0 Å². The second-order valence-electron chi connectivity index (χ2n) is 26.1. The number of unbranched alkanes of at least 4 members (excludes halogenated alkanes) is 31. The zero-order valence-corrected chi connectivity index (χ0v) is 59.9. The van der Waals surface area contributed by atoms with Crippen molar-refractivity contribution in [3.63, 3.8) is 0 Å². The van der Waals surface area contributed by atoms with Crippen LogP contribution in [-0.2, 0) is 65.4 Å². The molecule has 0 aromatic rings. The minimum absolute atomic E-state index is 0.0843. The molecule has 0 bridgehead atoms. The lowest BCUT2D eigenvalue weighted by molar-refractivity contribution is -0.161. The zero-order valence-electron chi connectivity index (χ0n) is 58.1. The third kappa shape index (κ3) is 63.0. The third-order valence-corrected chi connectivity index (χ3v) is 18.0. The first-order valence-corrected chi connectivity index (χ1v) is 39.2. The molecule has 90 heavy (non-hydrogen) atoms. The molecule has 0 aliphatic carbocycles. The highest BCUT2D eigenvalue weighted by molar-refractivity contribution is 7.47. The largest absolute Gasteiger partial charge is 0.472 e. The highest BCUT2D eigenvalue weighted by atomic mass is 31.2. The van der Waals surface area contributed by atoms with Crippen molar-refractivity contribution in [1.82, 2.24) is 0 Å². The lowest BCUT2D eigenvalue weighted by Crippen LogP contribution is -2.30. The molecule has 0 amide bonds. The second-order valence-corrected chi connectivity index (χ2v) is 29.0. The number of esters is 4. The molecule has 0 fully saturated rings. The van der Waals surface area contributed by atoms with Crippen molar-refractivity contribution in [2.45, 2.75) is 349 Å². The van der Waals surface area contributed by atoms with Gasteiger partial charge in [0.05, 0.1) is 26.4 Å². The van der Waals surface area contributed by atoms with Crippen LogP contribution in [0.3, 0.4) is 0 Å². The van der Waals surface area contributed by atoms with Crippen molar-refractivity contribution in [2.75, 3.05) is 39.6 Å². The van der Waals surface area contributed by atoms with Crippen molar-refractivity contribution in [3.05, 3.63) is 24.3 Å². The average Bonchev–Trinajstić information content (AvgIpc) is 2.73. The Morgan fingerprint density at radius 1 is 0.367 bits per heavy atom. The van der Waals surface area contributed by atoms with Crippen LogP contribution in [0.15, 0.2) is 24.3 Å². The van der Waals surface area contributed by atoms with Crippen LogP contribution >= 0.6 is 15.6 Å². The molecule has 19 heteroatoms. The van der Waals surface area contributed by atoms with E-state index in [0.717, 1.165) is 121 Å². The monoisotopic (exact) mass is 1320 g/mol. The Bertz CT molecular complexity index is 1860. The molecule has 6 atom stereocenters. The Morgan fingerprint density at radius 3 is 0.989 bits per heavy atom. The molecule has 3 N–H and O–H groups in total. The van der Waals surface area contributed by atoms with Crippen LogP contribution in [0.4, 0.5) is 0 Å². The Balaban J connectivity index is 5.29. The van der Waals surface area contributed by atoms with E-state index in [9.17, 15) is 43.2 Å². The normalized spacial score (nSPS) is 14.7. The van der Waals surface area contributed by atoms with Gasteiger partial charge in [0.25, 0.3) is 0 Å². The number of allylic oxidation sites excluding steroid dienone is 4. The van der Waals surface area contributed by atoms with Gasteiger partial charge in [-0.25, -0.2) is 9.13 Å². The molecular formula is C71H134O17P2. The Hall–Kier alpha value is -2.46. The van der Waals surface area contributed by atoms with Crippen molar-refractivity contribution in [1.29, 1.82) is 0 Å². The summed E-state index contributed by atoms with van der Waals surface area (Å²) in [7, 11) is -9.92. The summed E-state index contributed by atoms with van der Waals surface area (Å²) in [4.78, 5) is 72.5. The molecule has 0 aliphatic rings. The predicted molar refractivity (Wildman–Crippen MR) is 363 cm³/mol. The van der Waals surface area contributed by atoms with E-state index in [1.165, 1.54) is 122 Å². The number of carbonyl (C=O) groups excluding carboxylic acids is 4. The average molecular weight is 1320 g/mol. The van der Waals surface area contributed by atoms with Crippen molar-refractivity contribution >= 4 is 39.5 Å². The van der Waals surface area contributed by atoms with Crippen LogP contribution in [0.25, 0.3) is 0 Å². The van der Waals surface area contributed by atoms with Gasteiger partial charge in [-0.1, -0.05) is 278 Å². The number of phosphoric acid groups is 2. The zero-order chi connectivity index (χ0) is 66.6. The first-order valence-electron chi connectivity index (χ1n) is 36.2. The summed E-state index contributed by atoms with van der Waals surface area (Å²) in [5, 5.41) is 10.6. The number of phosphoric ester groups is 2. The summed E-state index contributed by atoms with van der Waals surface area (Å²) in [6.07, 6.45) is 48.1. The van der Waals surface area contributed by atoms with E-state index in [2.05, 4.69) is 72.8 Å². The van der Waals surface area contributed by atoms with E-state index >= 15 is 0 Å². The molecule has 0 spiro atoms. The molecule has 0 aromatic heterocycles. The molecule has 0 aliphatic heterocycles. The summed E-state index contributed by atoms with van der Waals surface area (Å²) in [6.45, 7) is 11.7. The molecule has 3 unspecified atom stereocenters. The number of ether oxygens (including phenoxy) is 4. The third-order valence-electron chi connectivity index (χ3n) is 16.1. The summed E-state index contributed by atoms with van der Waals surface area (Å²) in [5.74, 6) is 0.0612. The van der Waals surface area contributed by atoms with Crippen LogP contribution in [-0.4, -0.2) is 96.7 Å². The molecule has 17 nitrogen and oxygen atoms in total. The summed E-state index contributed by atoms with van der Waals surface area (Å²) < 4.78 is 68.2.